The number of nitrogens with zero attached hydrogens (tertiary/aromatic N) is 1. The number of piperidine rings is 1. The molecule has 1 aliphatic rings. The summed E-state index contributed by atoms with van der Waals surface area (Å²) in [4.78, 5) is 26.7. The minimum atomic E-state index is -0.367. The van der Waals surface area contributed by atoms with Crippen LogP contribution in [0.1, 0.15) is 52.1 Å². The fraction of sp³-hybridized carbons (Fsp3) is 0.579. The van der Waals surface area contributed by atoms with Crippen molar-refractivity contribution in [1.29, 1.82) is 0 Å². The van der Waals surface area contributed by atoms with E-state index in [1.54, 1.807) is 0 Å². The summed E-state index contributed by atoms with van der Waals surface area (Å²) < 4.78 is 0. The molecule has 0 bridgehead atoms. The third kappa shape index (κ3) is 4.50. The summed E-state index contributed by atoms with van der Waals surface area (Å²) in [7, 11) is 0. The maximum atomic E-state index is 12.5. The number of hydrogen-bond acceptors (Lipinski definition) is 2. The van der Waals surface area contributed by atoms with E-state index < -0.39 is 0 Å². The molecule has 0 spiro atoms. The van der Waals surface area contributed by atoms with Crippen LogP contribution >= 0.6 is 11.6 Å². The normalized spacial score (nSPS) is 17.5. The summed E-state index contributed by atoms with van der Waals surface area (Å²) in [6.45, 7) is 9.03. The van der Waals surface area contributed by atoms with Crippen molar-refractivity contribution in [3.8, 4) is 0 Å². The first-order chi connectivity index (χ1) is 11.2. The van der Waals surface area contributed by atoms with Crippen LogP contribution in [-0.4, -0.2) is 29.8 Å². The molecule has 0 aromatic heterocycles. The number of rotatable bonds is 3. The van der Waals surface area contributed by atoms with Crippen LogP contribution in [0.15, 0.2) is 24.3 Å². The summed E-state index contributed by atoms with van der Waals surface area (Å²) in [6, 6.07) is 7.43. The Labute approximate surface area is 149 Å². The van der Waals surface area contributed by atoms with Crippen LogP contribution in [-0.2, 0) is 9.59 Å². The van der Waals surface area contributed by atoms with Crippen LogP contribution in [0, 0.1) is 11.3 Å². The summed E-state index contributed by atoms with van der Waals surface area (Å²) in [5.41, 5.74) is 0.557. The molecule has 2 rings (SSSR count). The Morgan fingerprint density at radius 1 is 1.21 bits per heavy atom. The summed E-state index contributed by atoms with van der Waals surface area (Å²) in [5, 5.41) is 3.72. The molecule has 0 radical (unpaired) electrons. The zero-order chi connectivity index (χ0) is 17.9. The molecule has 2 amide bonds. The average Bonchev–Trinajstić information content (AvgIpc) is 2.53. The van der Waals surface area contributed by atoms with E-state index in [0.717, 1.165) is 5.56 Å². The van der Waals surface area contributed by atoms with Crippen LogP contribution in [0.4, 0.5) is 0 Å². The molecule has 5 heteroatoms. The van der Waals surface area contributed by atoms with Gasteiger partial charge in [-0.05, 0) is 31.4 Å². The van der Waals surface area contributed by atoms with Gasteiger partial charge in [0.2, 0.25) is 11.8 Å². The van der Waals surface area contributed by atoms with E-state index in [2.05, 4.69) is 5.32 Å². The first kappa shape index (κ1) is 18.8. The number of nitrogens with one attached hydrogen (secondary N) is 1. The van der Waals surface area contributed by atoms with E-state index >= 15 is 0 Å². The molecular formula is C19H27ClN2O2. The molecule has 0 aliphatic carbocycles. The van der Waals surface area contributed by atoms with E-state index in [1.807, 2.05) is 56.9 Å². The second kappa shape index (κ2) is 7.56. The third-order valence-electron chi connectivity index (χ3n) is 4.53. The highest BCUT2D eigenvalue weighted by Crippen LogP contribution is 2.26. The van der Waals surface area contributed by atoms with Gasteiger partial charge in [0.15, 0.2) is 0 Å². The van der Waals surface area contributed by atoms with Gasteiger partial charge in [0.05, 0.1) is 6.04 Å². The first-order valence-electron chi connectivity index (χ1n) is 8.54. The Bertz CT molecular complexity index is 602. The largest absolute Gasteiger partial charge is 0.349 e. The van der Waals surface area contributed by atoms with Crippen molar-refractivity contribution in [3.05, 3.63) is 34.9 Å². The molecule has 1 saturated heterocycles. The van der Waals surface area contributed by atoms with Gasteiger partial charge in [-0.3, -0.25) is 9.59 Å². The molecule has 1 fully saturated rings. The molecule has 1 N–H and O–H groups in total. The molecule has 1 aromatic carbocycles. The lowest BCUT2D eigenvalue weighted by atomic mass is 9.90. The van der Waals surface area contributed by atoms with Crippen LogP contribution in [0.25, 0.3) is 0 Å². The van der Waals surface area contributed by atoms with Crippen LogP contribution in [0.2, 0.25) is 5.02 Å². The average molecular weight is 351 g/mol. The highest BCUT2D eigenvalue weighted by Gasteiger charge is 2.32. The van der Waals surface area contributed by atoms with Gasteiger partial charge in [0.1, 0.15) is 0 Å². The quantitative estimate of drug-likeness (QED) is 0.901. The van der Waals surface area contributed by atoms with E-state index in [4.69, 9.17) is 11.6 Å². The van der Waals surface area contributed by atoms with E-state index in [1.165, 1.54) is 0 Å². The number of carbonyl (C=O) groups is 2. The lowest BCUT2D eigenvalue weighted by Gasteiger charge is -2.35. The summed E-state index contributed by atoms with van der Waals surface area (Å²) >= 11 is 6.19. The standard InChI is InChI=1S/C19H27ClN2O2/c1-13(15-7-5-6-8-16(15)20)21-17(23)14-9-11-22(12-10-14)18(24)19(2,3)4/h5-8,13-14H,9-12H2,1-4H3,(H,21,23). The van der Waals surface area contributed by atoms with Gasteiger partial charge in [-0.2, -0.15) is 0 Å². The molecule has 4 nitrogen and oxygen atoms in total. The SMILES string of the molecule is CC(NC(=O)C1CCN(C(=O)C(C)(C)C)CC1)c1ccccc1Cl. The number of amides is 2. The van der Waals surface area contributed by atoms with Crippen molar-refractivity contribution >= 4 is 23.4 Å². The van der Waals surface area contributed by atoms with Gasteiger partial charge < -0.3 is 10.2 Å². The first-order valence-corrected chi connectivity index (χ1v) is 8.92. The zero-order valence-corrected chi connectivity index (χ0v) is 15.7. The minimum Gasteiger partial charge on any atom is -0.349 e. The third-order valence-corrected chi connectivity index (χ3v) is 4.87. The number of halogens is 1. The Kier molecular flexibility index (Phi) is 5.92. The predicted octanol–water partition coefficient (Wildman–Crippen LogP) is 3.80. The molecule has 0 saturated carbocycles. The molecule has 1 unspecified atom stereocenters. The number of benzene rings is 1. The second-order valence-electron chi connectivity index (χ2n) is 7.57. The van der Waals surface area contributed by atoms with Crippen LogP contribution in [0.3, 0.4) is 0 Å². The molecule has 132 valence electrons. The highest BCUT2D eigenvalue weighted by atomic mass is 35.5. The second-order valence-corrected chi connectivity index (χ2v) is 7.98. The fourth-order valence-electron chi connectivity index (χ4n) is 3.05. The summed E-state index contributed by atoms with van der Waals surface area (Å²) in [6.07, 6.45) is 1.42. The fourth-order valence-corrected chi connectivity index (χ4v) is 3.35. The highest BCUT2D eigenvalue weighted by molar-refractivity contribution is 6.31. The minimum absolute atomic E-state index is 0.0426. The van der Waals surface area contributed by atoms with Crippen molar-refractivity contribution in [1.82, 2.24) is 10.2 Å². The molecule has 1 aromatic rings. The van der Waals surface area contributed by atoms with Crippen LogP contribution < -0.4 is 5.32 Å². The Morgan fingerprint density at radius 2 is 1.79 bits per heavy atom. The van der Waals surface area contributed by atoms with Gasteiger partial charge in [-0.1, -0.05) is 50.6 Å². The molecule has 24 heavy (non-hydrogen) atoms. The zero-order valence-electron chi connectivity index (χ0n) is 14.9. The van der Waals surface area contributed by atoms with E-state index in [0.29, 0.717) is 31.0 Å². The van der Waals surface area contributed by atoms with Crippen molar-refractivity contribution in [2.24, 2.45) is 11.3 Å². The molecular weight excluding hydrogens is 324 g/mol. The van der Waals surface area contributed by atoms with Crippen molar-refractivity contribution < 1.29 is 9.59 Å². The Hall–Kier alpha value is -1.55. The maximum absolute atomic E-state index is 12.5. The monoisotopic (exact) mass is 350 g/mol. The van der Waals surface area contributed by atoms with Crippen molar-refractivity contribution in [2.45, 2.75) is 46.6 Å². The summed E-state index contributed by atoms with van der Waals surface area (Å²) in [5.74, 6) is 0.162. The van der Waals surface area contributed by atoms with Gasteiger partial charge in [0.25, 0.3) is 0 Å². The Morgan fingerprint density at radius 3 is 2.33 bits per heavy atom. The maximum Gasteiger partial charge on any atom is 0.227 e. The van der Waals surface area contributed by atoms with E-state index in [-0.39, 0.29) is 29.2 Å². The molecule has 1 aliphatic heterocycles. The lowest BCUT2D eigenvalue weighted by Crippen LogP contribution is -2.46. The predicted molar refractivity (Wildman–Crippen MR) is 96.8 cm³/mol. The molecule has 1 heterocycles. The molecule has 1 atom stereocenters. The van der Waals surface area contributed by atoms with E-state index in [9.17, 15) is 9.59 Å². The van der Waals surface area contributed by atoms with Gasteiger partial charge in [0, 0.05) is 29.4 Å². The lowest BCUT2D eigenvalue weighted by molar-refractivity contribution is -0.142. The topological polar surface area (TPSA) is 49.4 Å². The number of likely N-dealkylation sites (tertiary alicyclic amines) is 1. The van der Waals surface area contributed by atoms with Crippen molar-refractivity contribution in [2.75, 3.05) is 13.1 Å². The Balaban J connectivity index is 1.89. The van der Waals surface area contributed by atoms with Gasteiger partial charge in [-0.25, -0.2) is 0 Å². The van der Waals surface area contributed by atoms with Crippen molar-refractivity contribution in [3.63, 3.8) is 0 Å². The van der Waals surface area contributed by atoms with Gasteiger partial charge in [-0.15, -0.1) is 0 Å². The number of hydrogen-bond donors (Lipinski definition) is 1. The van der Waals surface area contributed by atoms with Gasteiger partial charge >= 0.3 is 0 Å². The smallest absolute Gasteiger partial charge is 0.227 e. The van der Waals surface area contributed by atoms with Crippen LogP contribution in [0.5, 0.6) is 0 Å². The number of carbonyl (C=O) groups excluding carboxylic acids is 2.